The maximum absolute atomic E-state index is 13.0. The molecule has 5 nitrogen and oxygen atoms in total. The summed E-state index contributed by atoms with van der Waals surface area (Å²) in [5.41, 5.74) is 2.74. The lowest BCUT2D eigenvalue weighted by molar-refractivity contribution is -0.149. The summed E-state index contributed by atoms with van der Waals surface area (Å²) in [6.07, 6.45) is 5.36. The second-order valence-corrected chi connectivity index (χ2v) is 10.7. The Labute approximate surface area is 193 Å². The van der Waals surface area contributed by atoms with E-state index in [-0.39, 0.29) is 11.6 Å². The first-order chi connectivity index (χ1) is 15.2. The summed E-state index contributed by atoms with van der Waals surface area (Å²) in [5, 5.41) is 0. The van der Waals surface area contributed by atoms with Crippen LogP contribution in [0.2, 0.25) is 0 Å². The number of hydrogen-bond donors (Lipinski definition) is 0. The maximum atomic E-state index is 13.0. The molecule has 2 aliphatic heterocycles. The molecule has 3 aliphatic rings. The SMILES string of the molecule is CC1=CC[C@@H]2[C@@H](C1)c1ccc(C(C)(C)C(=O)OCCCN3CCOCC3)cc1OC2(C)C. The average molecular weight is 442 g/mol. The maximum Gasteiger partial charge on any atom is 0.315 e. The second-order valence-electron chi connectivity index (χ2n) is 10.7. The molecule has 0 aromatic heterocycles. The lowest BCUT2D eigenvalue weighted by Crippen LogP contribution is -2.45. The zero-order chi connectivity index (χ0) is 22.9. The molecular formula is C27H39NO4. The van der Waals surface area contributed by atoms with Crippen LogP contribution in [0.4, 0.5) is 0 Å². The highest BCUT2D eigenvalue weighted by molar-refractivity contribution is 5.82. The predicted octanol–water partition coefficient (Wildman–Crippen LogP) is 4.84. The van der Waals surface area contributed by atoms with Crippen molar-refractivity contribution in [1.82, 2.24) is 4.90 Å². The Kier molecular flexibility index (Phi) is 6.69. The largest absolute Gasteiger partial charge is 0.487 e. The van der Waals surface area contributed by atoms with E-state index in [1.165, 1.54) is 11.1 Å². The van der Waals surface area contributed by atoms with Crippen LogP contribution < -0.4 is 4.74 Å². The first-order valence-electron chi connectivity index (χ1n) is 12.1. The van der Waals surface area contributed by atoms with E-state index in [0.29, 0.717) is 18.4 Å². The van der Waals surface area contributed by atoms with Crippen LogP contribution in [0.25, 0.3) is 0 Å². The summed E-state index contributed by atoms with van der Waals surface area (Å²) < 4.78 is 17.6. The first kappa shape index (κ1) is 23.3. The highest BCUT2D eigenvalue weighted by Gasteiger charge is 2.45. The van der Waals surface area contributed by atoms with E-state index in [1.807, 2.05) is 13.8 Å². The lowest BCUT2D eigenvalue weighted by Gasteiger charge is -2.47. The van der Waals surface area contributed by atoms with E-state index < -0.39 is 5.41 Å². The number of fused-ring (bicyclic) bond motifs is 3. The Morgan fingerprint density at radius 2 is 2.00 bits per heavy atom. The number of esters is 1. The molecule has 1 aromatic rings. The highest BCUT2D eigenvalue weighted by Crippen LogP contribution is 2.51. The molecule has 1 fully saturated rings. The third kappa shape index (κ3) is 4.74. The first-order valence-corrected chi connectivity index (χ1v) is 12.1. The Hall–Kier alpha value is -1.85. The van der Waals surface area contributed by atoms with Crippen LogP contribution in [0.5, 0.6) is 5.75 Å². The quantitative estimate of drug-likeness (QED) is 0.359. The van der Waals surface area contributed by atoms with Crippen LogP contribution >= 0.6 is 0 Å². The van der Waals surface area contributed by atoms with Crippen molar-refractivity contribution in [2.75, 3.05) is 39.5 Å². The Balaban J connectivity index is 1.43. The van der Waals surface area contributed by atoms with Crippen molar-refractivity contribution < 1.29 is 19.0 Å². The van der Waals surface area contributed by atoms with Crippen molar-refractivity contribution in [3.05, 3.63) is 41.0 Å². The molecule has 1 aliphatic carbocycles. The zero-order valence-corrected chi connectivity index (χ0v) is 20.4. The fourth-order valence-electron chi connectivity index (χ4n) is 5.41. The summed E-state index contributed by atoms with van der Waals surface area (Å²) in [6.45, 7) is 15.4. The molecular weight excluding hydrogens is 402 g/mol. The van der Waals surface area contributed by atoms with Gasteiger partial charge in [-0.2, -0.15) is 0 Å². The minimum atomic E-state index is -0.721. The van der Waals surface area contributed by atoms with Gasteiger partial charge in [-0.25, -0.2) is 0 Å². The Morgan fingerprint density at radius 3 is 2.75 bits per heavy atom. The Bertz CT molecular complexity index is 866. The van der Waals surface area contributed by atoms with Gasteiger partial charge in [-0.3, -0.25) is 9.69 Å². The number of benzene rings is 1. The summed E-state index contributed by atoms with van der Waals surface area (Å²) in [4.78, 5) is 15.3. The van der Waals surface area contributed by atoms with Crippen LogP contribution in [0, 0.1) is 5.92 Å². The van der Waals surface area contributed by atoms with E-state index in [0.717, 1.165) is 63.4 Å². The number of carbonyl (C=O) groups excluding carboxylic acids is 1. The third-order valence-electron chi connectivity index (χ3n) is 7.61. The molecule has 5 heteroatoms. The number of rotatable bonds is 6. The van der Waals surface area contributed by atoms with Gasteiger partial charge in [0.1, 0.15) is 11.4 Å². The molecule has 0 N–H and O–H groups in total. The van der Waals surface area contributed by atoms with Gasteiger partial charge in [0.2, 0.25) is 0 Å². The van der Waals surface area contributed by atoms with Crippen molar-refractivity contribution in [3.63, 3.8) is 0 Å². The lowest BCUT2D eigenvalue weighted by atomic mass is 9.67. The summed E-state index contributed by atoms with van der Waals surface area (Å²) in [6, 6.07) is 6.36. The summed E-state index contributed by atoms with van der Waals surface area (Å²) >= 11 is 0. The molecule has 32 heavy (non-hydrogen) atoms. The normalized spacial score (nSPS) is 25.2. The van der Waals surface area contributed by atoms with Crippen molar-refractivity contribution >= 4 is 5.97 Å². The molecule has 176 valence electrons. The molecule has 0 amide bonds. The number of hydrogen-bond acceptors (Lipinski definition) is 5. The van der Waals surface area contributed by atoms with E-state index in [4.69, 9.17) is 14.2 Å². The van der Waals surface area contributed by atoms with Gasteiger partial charge in [0, 0.05) is 25.6 Å². The van der Waals surface area contributed by atoms with Gasteiger partial charge in [0.15, 0.2) is 0 Å². The number of morpholine rings is 1. The van der Waals surface area contributed by atoms with Crippen LogP contribution in [0.15, 0.2) is 29.8 Å². The van der Waals surface area contributed by atoms with Crippen molar-refractivity contribution in [2.45, 2.75) is 70.8 Å². The molecule has 1 aromatic carbocycles. The number of allylic oxidation sites excluding steroid dienone is 2. The van der Waals surface area contributed by atoms with Crippen LogP contribution in [0.1, 0.15) is 70.9 Å². The van der Waals surface area contributed by atoms with Crippen molar-refractivity contribution in [1.29, 1.82) is 0 Å². The summed E-state index contributed by atoms with van der Waals surface area (Å²) in [5.74, 6) is 1.71. The van der Waals surface area contributed by atoms with Gasteiger partial charge in [0.25, 0.3) is 0 Å². The third-order valence-corrected chi connectivity index (χ3v) is 7.61. The number of carbonyl (C=O) groups is 1. The van der Waals surface area contributed by atoms with Crippen LogP contribution in [-0.2, 0) is 19.7 Å². The van der Waals surface area contributed by atoms with Gasteiger partial charge in [0.05, 0.1) is 25.2 Å². The fourth-order valence-corrected chi connectivity index (χ4v) is 5.41. The van der Waals surface area contributed by atoms with Gasteiger partial charge < -0.3 is 14.2 Å². The molecule has 0 radical (unpaired) electrons. The number of ether oxygens (including phenoxy) is 3. The van der Waals surface area contributed by atoms with Crippen LogP contribution in [0.3, 0.4) is 0 Å². The fraction of sp³-hybridized carbons (Fsp3) is 0.667. The molecule has 1 saturated heterocycles. The van der Waals surface area contributed by atoms with Gasteiger partial charge >= 0.3 is 5.97 Å². The van der Waals surface area contributed by atoms with E-state index in [1.54, 1.807) is 0 Å². The highest BCUT2D eigenvalue weighted by atomic mass is 16.5. The second kappa shape index (κ2) is 9.18. The standard InChI is InChI=1S/C27H39NO4/c1-19-7-10-23-22(17-19)21-9-8-20(18-24(21)32-27(23,4)5)26(2,3)25(29)31-14-6-11-28-12-15-30-16-13-28/h7-9,18,22-23H,6,10-17H2,1-5H3/t22-,23+/m0/s1. The van der Waals surface area contributed by atoms with E-state index >= 15 is 0 Å². The monoisotopic (exact) mass is 441 g/mol. The molecule has 0 bridgehead atoms. The van der Waals surface area contributed by atoms with Gasteiger partial charge in [-0.1, -0.05) is 23.8 Å². The molecule has 4 rings (SSSR count). The van der Waals surface area contributed by atoms with Crippen molar-refractivity contribution in [3.8, 4) is 5.75 Å². The van der Waals surface area contributed by atoms with Gasteiger partial charge in [-0.05, 0) is 77.0 Å². The molecule has 0 unspecified atom stereocenters. The zero-order valence-electron chi connectivity index (χ0n) is 20.4. The minimum absolute atomic E-state index is 0.177. The summed E-state index contributed by atoms with van der Waals surface area (Å²) in [7, 11) is 0. The number of nitrogens with zero attached hydrogens (tertiary/aromatic N) is 1. The molecule has 0 saturated carbocycles. The predicted molar refractivity (Wildman–Crippen MR) is 126 cm³/mol. The van der Waals surface area contributed by atoms with E-state index in [2.05, 4.69) is 49.9 Å². The van der Waals surface area contributed by atoms with E-state index in [9.17, 15) is 4.79 Å². The molecule has 2 atom stereocenters. The topological polar surface area (TPSA) is 48.0 Å². The smallest absolute Gasteiger partial charge is 0.315 e. The molecule has 2 heterocycles. The minimum Gasteiger partial charge on any atom is -0.487 e. The van der Waals surface area contributed by atoms with Crippen molar-refractivity contribution in [2.24, 2.45) is 5.92 Å². The van der Waals surface area contributed by atoms with Crippen LogP contribution in [-0.4, -0.2) is 55.9 Å². The Morgan fingerprint density at radius 1 is 1.25 bits per heavy atom. The molecule has 0 spiro atoms. The average Bonchev–Trinajstić information content (AvgIpc) is 2.76. The van der Waals surface area contributed by atoms with Gasteiger partial charge in [-0.15, -0.1) is 0 Å².